The number of nitrogens with zero attached hydrogens (tertiary/aromatic N) is 4. The Bertz CT molecular complexity index is 989. The van der Waals surface area contributed by atoms with Crippen molar-refractivity contribution in [1.29, 1.82) is 0 Å². The average Bonchev–Trinajstić information content (AvgIpc) is 3.36. The van der Waals surface area contributed by atoms with E-state index in [9.17, 15) is 14.0 Å². The van der Waals surface area contributed by atoms with Gasteiger partial charge in [0.2, 0.25) is 11.8 Å². The predicted octanol–water partition coefficient (Wildman–Crippen LogP) is 2.23. The Morgan fingerprint density at radius 3 is 2.67 bits per heavy atom. The number of carbonyl (C=O) groups is 2. The maximum Gasteiger partial charge on any atom is 0.233 e. The second-order valence-electron chi connectivity index (χ2n) is 6.70. The second-order valence-corrected chi connectivity index (χ2v) is 7.64. The molecule has 30 heavy (non-hydrogen) atoms. The van der Waals surface area contributed by atoms with Gasteiger partial charge in [0, 0.05) is 26.4 Å². The molecule has 10 heteroatoms. The summed E-state index contributed by atoms with van der Waals surface area (Å²) in [5, 5.41) is 8.87. The van der Waals surface area contributed by atoms with Crippen LogP contribution in [0, 0.1) is 5.82 Å². The molecule has 2 amide bonds. The Morgan fingerprint density at radius 2 is 2.00 bits per heavy atom. The van der Waals surface area contributed by atoms with Crippen LogP contribution in [0.1, 0.15) is 23.6 Å². The molecule has 2 aromatic heterocycles. The van der Waals surface area contributed by atoms with Crippen LogP contribution in [-0.4, -0.2) is 44.3 Å². The molecule has 0 saturated heterocycles. The zero-order valence-electron chi connectivity index (χ0n) is 16.5. The Hall–Kier alpha value is -3.14. The van der Waals surface area contributed by atoms with Gasteiger partial charge in [-0.3, -0.25) is 14.2 Å². The fourth-order valence-electron chi connectivity index (χ4n) is 2.75. The maximum atomic E-state index is 13.0. The molecule has 158 valence electrons. The Balaban J connectivity index is 1.64. The highest BCUT2D eigenvalue weighted by Gasteiger charge is 2.17. The summed E-state index contributed by atoms with van der Waals surface area (Å²) in [4.78, 5) is 25.2. The van der Waals surface area contributed by atoms with Gasteiger partial charge in [0.15, 0.2) is 5.16 Å². The zero-order chi connectivity index (χ0) is 21.5. The first-order valence-electron chi connectivity index (χ1n) is 9.26. The van der Waals surface area contributed by atoms with Crippen molar-refractivity contribution in [3.63, 3.8) is 0 Å². The number of nitrogens with two attached hydrogens (primary N) is 1. The van der Waals surface area contributed by atoms with Gasteiger partial charge in [-0.25, -0.2) is 4.39 Å². The standard InChI is InChI=1S/C20H22FN5O3S/c1-25(11-14-4-6-15(21)7-5-14)19(28)13-30-20-24-23-18(9-8-17(22)27)26(20)12-16-3-2-10-29-16/h2-7,10H,8-9,11-13H2,1H3,(H2,22,27). The van der Waals surface area contributed by atoms with Crippen molar-refractivity contribution in [1.82, 2.24) is 19.7 Å². The average molecular weight is 431 g/mol. The van der Waals surface area contributed by atoms with E-state index in [0.717, 1.165) is 5.56 Å². The van der Waals surface area contributed by atoms with E-state index < -0.39 is 5.91 Å². The zero-order valence-corrected chi connectivity index (χ0v) is 17.3. The lowest BCUT2D eigenvalue weighted by Gasteiger charge is -2.17. The van der Waals surface area contributed by atoms with Crippen LogP contribution in [-0.2, 0) is 29.1 Å². The Labute approximate surface area is 177 Å². The van der Waals surface area contributed by atoms with Crippen LogP contribution in [0.25, 0.3) is 0 Å². The number of benzene rings is 1. The van der Waals surface area contributed by atoms with Gasteiger partial charge in [-0.05, 0) is 29.8 Å². The minimum Gasteiger partial charge on any atom is -0.467 e. The summed E-state index contributed by atoms with van der Waals surface area (Å²) in [6.45, 7) is 0.763. The molecule has 8 nitrogen and oxygen atoms in total. The molecule has 0 saturated carbocycles. The number of carbonyl (C=O) groups excluding carboxylic acids is 2. The molecule has 3 rings (SSSR count). The summed E-state index contributed by atoms with van der Waals surface area (Å²) < 4.78 is 20.3. The van der Waals surface area contributed by atoms with Gasteiger partial charge in [0.05, 0.1) is 18.6 Å². The number of thioether (sulfide) groups is 1. The van der Waals surface area contributed by atoms with Gasteiger partial charge in [0.25, 0.3) is 0 Å². The molecule has 0 aliphatic rings. The number of aromatic nitrogens is 3. The van der Waals surface area contributed by atoms with Crippen molar-refractivity contribution in [3.05, 3.63) is 65.6 Å². The van der Waals surface area contributed by atoms with Crippen LogP contribution >= 0.6 is 11.8 Å². The van der Waals surface area contributed by atoms with E-state index in [1.165, 1.54) is 23.9 Å². The molecule has 3 aromatic rings. The van der Waals surface area contributed by atoms with Crippen LogP contribution < -0.4 is 5.73 Å². The maximum absolute atomic E-state index is 13.0. The summed E-state index contributed by atoms with van der Waals surface area (Å²) >= 11 is 1.25. The molecule has 0 fully saturated rings. The molecule has 0 aliphatic carbocycles. The number of amides is 2. The number of rotatable bonds is 10. The van der Waals surface area contributed by atoms with E-state index >= 15 is 0 Å². The van der Waals surface area contributed by atoms with Crippen molar-refractivity contribution in [2.45, 2.75) is 31.1 Å². The van der Waals surface area contributed by atoms with Crippen molar-refractivity contribution >= 4 is 23.6 Å². The van der Waals surface area contributed by atoms with Gasteiger partial charge < -0.3 is 15.1 Å². The van der Waals surface area contributed by atoms with Crippen molar-refractivity contribution in [3.8, 4) is 0 Å². The van der Waals surface area contributed by atoms with Crippen molar-refractivity contribution in [2.75, 3.05) is 12.8 Å². The highest BCUT2D eigenvalue weighted by Crippen LogP contribution is 2.20. The molecule has 0 bridgehead atoms. The van der Waals surface area contributed by atoms with Crippen LogP contribution in [0.5, 0.6) is 0 Å². The van der Waals surface area contributed by atoms with E-state index in [1.54, 1.807) is 36.4 Å². The lowest BCUT2D eigenvalue weighted by atomic mass is 10.2. The normalized spacial score (nSPS) is 10.9. The lowest BCUT2D eigenvalue weighted by Crippen LogP contribution is -2.28. The van der Waals surface area contributed by atoms with Crippen LogP contribution in [0.2, 0.25) is 0 Å². The highest BCUT2D eigenvalue weighted by atomic mass is 32.2. The third-order valence-electron chi connectivity index (χ3n) is 4.37. The molecule has 0 aliphatic heterocycles. The first-order valence-corrected chi connectivity index (χ1v) is 10.2. The number of halogens is 1. The second kappa shape index (κ2) is 10.1. The first-order chi connectivity index (χ1) is 14.4. The molecule has 2 N–H and O–H groups in total. The fraction of sp³-hybridized carbons (Fsp3) is 0.300. The SMILES string of the molecule is CN(Cc1ccc(F)cc1)C(=O)CSc1nnc(CCC(N)=O)n1Cc1ccco1. The summed E-state index contributed by atoms with van der Waals surface area (Å²) in [6.07, 6.45) is 2.08. The quantitative estimate of drug-likeness (QED) is 0.493. The molecule has 0 radical (unpaired) electrons. The fourth-order valence-corrected chi connectivity index (χ4v) is 3.65. The van der Waals surface area contributed by atoms with Crippen LogP contribution in [0.3, 0.4) is 0 Å². The van der Waals surface area contributed by atoms with E-state index in [0.29, 0.717) is 36.3 Å². The molecule has 0 atom stereocenters. The van der Waals surface area contributed by atoms with Crippen molar-refractivity contribution < 1.29 is 18.4 Å². The molecular formula is C20H22FN5O3S. The molecule has 2 heterocycles. The summed E-state index contributed by atoms with van der Waals surface area (Å²) in [6, 6.07) is 9.65. The van der Waals surface area contributed by atoms with E-state index in [4.69, 9.17) is 10.2 Å². The number of furan rings is 1. The van der Waals surface area contributed by atoms with Crippen LogP contribution in [0.4, 0.5) is 4.39 Å². The summed E-state index contributed by atoms with van der Waals surface area (Å²) in [5.74, 6) is 0.622. The van der Waals surface area contributed by atoms with Gasteiger partial charge in [-0.2, -0.15) is 0 Å². The van der Waals surface area contributed by atoms with Gasteiger partial charge >= 0.3 is 0 Å². The number of hydrogen-bond donors (Lipinski definition) is 1. The van der Waals surface area contributed by atoms with E-state index in [2.05, 4.69) is 10.2 Å². The first kappa shape index (κ1) is 21.6. The minimum atomic E-state index is -0.422. The van der Waals surface area contributed by atoms with Gasteiger partial charge in [-0.1, -0.05) is 23.9 Å². The smallest absolute Gasteiger partial charge is 0.233 e. The van der Waals surface area contributed by atoms with E-state index in [-0.39, 0.29) is 23.9 Å². The number of primary amides is 1. The molecule has 1 aromatic carbocycles. The molecule has 0 unspecified atom stereocenters. The topological polar surface area (TPSA) is 107 Å². The summed E-state index contributed by atoms with van der Waals surface area (Å²) in [5.41, 5.74) is 6.09. The Morgan fingerprint density at radius 1 is 1.23 bits per heavy atom. The molecular weight excluding hydrogens is 409 g/mol. The minimum absolute atomic E-state index is 0.101. The predicted molar refractivity (Wildman–Crippen MR) is 109 cm³/mol. The molecule has 0 spiro atoms. The third-order valence-corrected chi connectivity index (χ3v) is 5.32. The number of aryl methyl sites for hydroxylation is 1. The monoisotopic (exact) mass is 431 g/mol. The van der Waals surface area contributed by atoms with Crippen LogP contribution in [0.15, 0.2) is 52.2 Å². The highest BCUT2D eigenvalue weighted by molar-refractivity contribution is 7.99. The third kappa shape index (κ3) is 5.93. The van der Waals surface area contributed by atoms with Gasteiger partial charge in [-0.15, -0.1) is 10.2 Å². The van der Waals surface area contributed by atoms with E-state index in [1.807, 2.05) is 10.6 Å². The lowest BCUT2D eigenvalue weighted by molar-refractivity contribution is -0.127. The van der Waals surface area contributed by atoms with Crippen molar-refractivity contribution in [2.24, 2.45) is 5.73 Å². The largest absolute Gasteiger partial charge is 0.467 e. The Kier molecular flexibility index (Phi) is 7.23. The van der Waals surface area contributed by atoms with Gasteiger partial charge in [0.1, 0.15) is 17.4 Å². The summed E-state index contributed by atoms with van der Waals surface area (Å²) in [7, 11) is 1.69. The number of hydrogen-bond acceptors (Lipinski definition) is 6.